The highest BCUT2D eigenvalue weighted by Crippen LogP contribution is 2.44. The molecular formula is C20H17ClF2N4O. The second kappa shape index (κ2) is 6.44. The molecule has 3 heterocycles. The van der Waals surface area contributed by atoms with Gasteiger partial charge in [0.05, 0.1) is 16.4 Å². The Balaban J connectivity index is 1.64. The minimum absolute atomic E-state index is 0.101. The van der Waals surface area contributed by atoms with Gasteiger partial charge in [-0.2, -0.15) is 0 Å². The van der Waals surface area contributed by atoms with E-state index >= 15 is 0 Å². The zero-order valence-corrected chi connectivity index (χ0v) is 15.6. The number of carbonyl (C=O) groups is 1. The molecule has 1 aliphatic heterocycles. The van der Waals surface area contributed by atoms with Crippen LogP contribution in [0.25, 0.3) is 5.65 Å². The number of carbonyl (C=O) groups excluding carboxylic acids is 1. The Morgan fingerprint density at radius 1 is 1.14 bits per heavy atom. The number of hydrogen-bond acceptors (Lipinski definition) is 3. The summed E-state index contributed by atoms with van der Waals surface area (Å²) in [5, 5.41) is 0.564. The van der Waals surface area contributed by atoms with Crippen molar-refractivity contribution in [3.8, 4) is 0 Å². The third-order valence-corrected chi connectivity index (χ3v) is 5.61. The molecule has 0 N–H and O–H groups in total. The summed E-state index contributed by atoms with van der Waals surface area (Å²) in [5.74, 6) is -0.493. The van der Waals surface area contributed by atoms with Gasteiger partial charge in [0.25, 0.3) is 12.3 Å². The maximum atomic E-state index is 13.7. The molecule has 0 atom stereocenters. The highest BCUT2D eigenvalue weighted by molar-refractivity contribution is 6.34. The molecule has 28 heavy (non-hydrogen) atoms. The number of aromatic nitrogens is 2. The van der Waals surface area contributed by atoms with Crippen LogP contribution in [0, 0.1) is 0 Å². The van der Waals surface area contributed by atoms with Gasteiger partial charge in [-0.25, -0.2) is 13.8 Å². The topological polar surface area (TPSA) is 40.9 Å². The molecule has 3 aromatic rings. The van der Waals surface area contributed by atoms with Gasteiger partial charge in [-0.1, -0.05) is 23.7 Å². The smallest absolute Gasteiger partial charge is 0.282 e. The monoisotopic (exact) mass is 402 g/mol. The van der Waals surface area contributed by atoms with Gasteiger partial charge in [0.15, 0.2) is 0 Å². The normalized spacial score (nSPS) is 16.7. The second-order valence-corrected chi connectivity index (χ2v) is 7.47. The van der Waals surface area contributed by atoms with E-state index in [0.717, 1.165) is 18.5 Å². The number of nitrogens with zero attached hydrogens (tertiary/aromatic N) is 4. The van der Waals surface area contributed by atoms with Crippen LogP contribution in [-0.4, -0.2) is 34.4 Å². The summed E-state index contributed by atoms with van der Waals surface area (Å²) >= 11 is 6.46. The molecule has 0 unspecified atom stereocenters. The van der Waals surface area contributed by atoms with Gasteiger partial charge in [0.1, 0.15) is 17.0 Å². The van der Waals surface area contributed by atoms with Crippen LogP contribution >= 0.6 is 11.6 Å². The lowest BCUT2D eigenvalue weighted by Crippen LogP contribution is -2.45. The van der Waals surface area contributed by atoms with E-state index in [4.69, 9.17) is 11.6 Å². The predicted molar refractivity (Wildman–Crippen MR) is 104 cm³/mol. The summed E-state index contributed by atoms with van der Waals surface area (Å²) in [5.41, 5.74) is 1.19. The van der Waals surface area contributed by atoms with Crippen molar-refractivity contribution >= 4 is 34.5 Å². The van der Waals surface area contributed by atoms with Crippen LogP contribution in [0.15, 0.2) is 42.6 Å². The van der Waals surface area contributed by atoms with Crippen molar-refractivity contribution < 1.29 is 13.6 Å². The average Bonchev–Trinajstić information content (AvgIpc) is 3.46. The largest absolute Gasteiger partial charge is 0.364 e. The van der Waals surface area contributed by atoms with E-state index in [2.05, 4.69) is 9.88 Å². The van der Waals surface area contributed by atoms with Gasteiger partial charge in [-0.05, 0) is 37.1 Å². The lowest BCUT2D eigenvalue weighted by atomic mass is 10.1. The number of imidazole rings is 1. The van der Waals surface area contributed by atoms with Crippen molar-refractivity contribution in [2.45, 2.75) is 25.3 Å². The van der Waals surface area contributed by atoms with Crippen LogP contribution in [0.2, 0.25) is 5.02 Å². The molecule has 0 saturated heterocycles. The van der Waals surface area contributed by atoms with Gasteiger partial charge in [0, 0.05) is 25.3 Å². The van der Waals surface area contributed by atoms with E-state index in [1.165, 1.54) is 4.40 Å². The number of para-hydroxylation sites is 1. The van der Waals surface area contributed by atoms with Gasteiger partial charge in [0.2, 0.25) is 0 Å². The van der Waals surface area contributed by atoms with Gasteiger partial charge < -0.3 is 9.80 Å². The lowest BCUT2D eigenvalue weighted by molar-refractivity contribution is 0.0964. The Bertz CT molecular complexity index is 1080. The molecule has 2 aliphatic rings. The highest BCUT2D eigenvalue weighted by atomic mass is 35.5. The average molecular weight is 403 g/mol. The number of halogens is 3. The minimum Gasteiger partial charge on any atom is -0.364 e. The third kappa shape index (κ3) is 2.64. The minimum atomic E-state index is -2.84. The Hall–Kier alpha value is -2.67. The molecule has 1 fully saturated rings. The van der Waals surface area contributed by atoms with Gasteiger partial charge >= 0.3 is 0 Å². The molecule has 1 amide bonds. The molecule has 0 radical (unpaired) electrons. The predicted octanol–water partition coefficient (Wildman–Crippen LogP) is 4.55. The Morgan fingerprint density at radius 3 is 2.71 bits per heavy atom. The van der Waals surface area contributed by atoms with Crippen molar-refractivity contribution in [1.29, 1.82) is 0 Å². The van der Waals surface area contributed by atoms with E-state index in [-0.39, 0.29) is 5.69 Å². The summed E-state index contributed by atoms with van der Waals surface area (Å²) in [6.45, 7) is 1.03. The first kappa shape index (κ1) is 17.4. The quantitative estimate of drug-likeness (QED) is 0.645. The molecule has 0 spiro atoms. The maximum absolute atomic E-state index is 13.7. The highest BCUT2D eigenvalue weighted by Gasteiger charge is 2.38. The number of hydrogen-bond donors (Lipinski definition) is 0. The van der Waals surface area contributed by atoms with Crippen LogP contribution < -0.4 is 9.80 Å². The second-order valence-electron chi connectivity index (χ2n) is 7.06. The van der Waals surface area contributed by atoms with Crippen molar-refractivity contribution in [3.63, 3.8) is 0 Å². The first-order chi connectivity index (χ1) is 13.6. The molecule has 1 aliphatic carbocycles. The van der Waals surface area contributed by atoms with Crippen molar-refractivity contribution in [2.75, 3.05) is 22.9 Å². The van der Waals surface area contributed by atoms with Crippen LogP contribution in [-0.2, 0) is 0 Å². The Labute approximate surface area is 165 Å². The van der Waals surface area contributed by atoms with E-state index in [1.54, 1.807) is 41.4 Å². The number of benzene rings is 1. The number of alkyl halides is 2. The van der Waals surface area contributed by atoms with E-state index in [1.807, 2.05) is 6.07 Å². The van der Waals surface area contributed by atoms with Gasteiger partial charge in [-0.3, -0.25) is 9.20 Å². The van der Waals surface area contributed by atoms with Crippen molar-refractivity contribution in [3.05, 3.63) is 59.0 Å². The zero-order chi connectivity index (χ0) is 19.4. The molecule has 1 saturated carbocycles. The van der Waals surface area contributed by atoms with Crippen LogP contribution in [0.4, 0.5) is 20.2 Å². The van der Waals surface area contributed by atoms with E-state index in [9.17, 15) is 13.6 Å². The number of pyridine rings is 1. The lowest BCUT2D eigenvalue weighted by Gasteiger charge is -2.38. The third-order valence-electron chi connectivity index (χ3n) is 5.31. The number of anilines is 2. The fraction of sp³-hybridized carbons (Fsp3) is 0.300. The van der Waals surface area contributed by atoms with Gasteiger partial charge in [-0.15, -0.1) is 0 Å². The molecule has 0 bridgehead atoms. The van der Waals surface area contributed by atoms with Crippen LogP contribution in [0.5, 0.6) is 0 Å². The molecule has 144 valence electrons. The molecule has 1 aromatic carbocycles. The van der Waals surface area contributed by atoms with Crippen LogP contribution in [0.1, 0.15) is 35.4 Å². The zero-order valence-electron chi connectivity index (χ0n) is 14.9. The summed E-state index contributed by atoms with van der Waals surface area (Å²) in [4.78, 5) is 21.2. The molecule has 8 heteroatoms. The molecule has 2 aromatic heterocycles. The van der Waals surface area contributed by atoms with Crippen molar-refractivity contribution in [1.82, 2.24) is 9.38 Å². The maximum Gasteiger partial charge on any atom is 0.282 e. The first-order valence-electron chi connectivity index (χ1n) is 9.18. The number of amides is 1. The number of rotatable bonds is 3. The fourth-order valence-electron chi connectivity index (χ4n) is 3.91. The Kier molecular flexibility index (Phi) is 4.01. The summed E-state index contributed by atoms with van der Waals surface area (Å²) in [7, 11) is 0. The molecule has 5 nitrogen and oxygen atoms in total. The molecule has 5 rings (SSSR count). The first-order valence-corrected chi connectivity index (χ1v) is 9.56. The summed E-state index contributed by atoms with van der Waals surface area (Å²) in [6.07, 6.45) is 0.939. The van der Waals surface area contributed by atoms with Crippen LogP contribution in [0.3, 0.4) is 0 Å². The fourth-order valence-corrected chi connectivity index (χ4v) is 4.19. The summed E-state index contributed by atoms with van der Waals surface area (Å²) < 4.78 is 28.7. The summed E-state index contributed by atoms with van der Waals surface area (Å²) in [6, 6.07) is 10.8. The van der Waals surface area contributed by atoms with Crippen molar-refractivity contribution in [2.24, 2.45) is 0 Å². The standard InChI is InChI=1S/C20H17ClF2N4O/c21-13-4-3-5-14-17(13)25(12-7-8-12)10-11-26(14)20(28)18-16(19(22)23)24-15-6-1-2-9-27(15)18/h1-6,9,12,19H,7-8,10-11H2. The SMILES string of the molecule is O=C(c1c(C(F)F)nc2ccccn12)N1CCN(C2CC2)c2c(Cl)cccc21. The van der Waals surface area contributed by atoms with E-state index in [0.29, 0.717) is 35.5 Å². The van der Waals surface area contributed by atoms with E-state index < -0.39 is 18.0 Å². The number of fused-ring (bicyclic) bond motifs is 2. The Morgan fingerprint density at radius 2 is 1.96 bits per heavy atom. The molecular weight excluding hydrogens is 386 g/mol.